The summed E-state index contributed by atoms with van der Waals surface area (Å²) in [6.07, 6.45) is -4.49. The molecule has 0 spiro atoms. The highest BCUT2D eigenvalue weighted by Crippen LogP contribution is 2.31. The number of aryl methyl sites for hydroxylation is 1. The first kappa shape index (κ1) is 13.3. The van der Waals surface area contributed by atoms with E-state index in [1.165, 1.54) is 19.1 Å². The van der Waals surface area contributed by atoms with E-state index in [1.807, 2.05) is 0 Å². The molecule has 0 unspecified atom stereocenters. The summed E-state index contributed by atoms with van der Waals surface area (Å²) in [6.45, 7) is 1.27. The maximum absolute atomic E-state index is 13.1. The van der Waals surface area contributed by atoms with E-state index in [0.29, 0.717) is 0 Å². The van der Waals surface area contributed by atoms with Crippen molar-refractivity contribution in [1.82, 2.24) is 9.97 Å². The van der Waals surface area contributed by atoms with E-state index < -0.39 is 23.1 Å². The van der Waals surface area contributed by atoms with Gasteiger partial charge in [-0.1, -0.05) is 12.1 Å². The fourth-order valence-corrected chi connectivity index (χ4v) is 1.55. The van der Waals surface area contributed by atoms with Crippen LogP contribution in [0.4, 0.5) is 17.6 Å². The van der Waals surface area contributed by atoms with Gasteiger partial charge >= 0.3 is 6.18 Å². The zero-order chi connectivity index (χ0) is 14.2. The number of alkyl halides is 3. The predicted octanol–water partition coefficient (Wildman–Crippen LogP) is 2.90. The van der Waals surface area contributed by atoms with Crippen LogP contribution in [0.1, 0.15) is 11.3 Å². The van der Waals surface area contributed by atoms with Gasteiger partial charge in [0.2, 0.25) is 5.82 Å². The van der Waals surface area contributed by atoms with Crippen LogP contribution >= 0.6 is 0 Å². The Kier molecular flexibility index (Phi) is 3.13. The molecule has 19 heavy (non-hydrogen) atoms. The molecule has 2 rings (SSSR count). The quantitative estimate of drug-likeness (QED) is 0.811. The average Bonchev–Trinajstić information content (AvgIpc) is 2.34. The zero-order valence-corrected chi connectivity index (χ0v) is 9.68. The van der Waals surface area contributed by atoms with Crippen LogP contribution in [0.25, 0.3) is 11.4 Å². The Bertz CT molecular complexity index is 676. The van der Waals surface area contributed by atoms with Crippen LogP contribution in [0.3, 0.4) is 0 Å². The van der Waals surface area contributed by atoms with Gasteiger partial charge in [0.15, 0.2) is 0 Å². The van der Waals surface area contributed by atoms with Gasteiger partial charge in [-0.05, 0) is 19.1 Å². The number of hydrogen-bond donors (Lipinski definition) is 1. The Morgan fingerprint density at radius 3 is 2.53 bits per heavy atom. The maximum Gasteiger partial charge on any atom is 0.416 e. The predicted molar refractivity (Wildman–Crippen MR) is 60.0 cm³/mol. The van der Waals surface area contributed by atoms with E-state index in [0.717, 1.165) is 12.1 Å². The fraction of sp³-hybridized carbons (Fsp3) is 0.167. The number of rotatable bonds is 1. The van der Waals surface area contributed by atoms with Crippen LogP contribution < -0.4 is 5.56 Å². The van der Waals surface area contributed by atoms with Gasteiger partial charge in [0.05, 0.1) is 11.3 Å². The van der Waals surface area contributed by atoms with Crippen LogP contribution in [0.2, 0.25) is 0 Å². The number of halogens is 4. The smallest absolute Gasteiger partial charge is 0.304 e. The van der Waals surface area contributed by atoms with Gasteiger partial charge in [0.1, 0.15) is 5.82 Å². The lowest BCUT2D eigenvalue weighted by molar-refractivity contribution is -0.137. The Balaban J connectivity index is 2.57. The summed E-state index contributed by atoms with van der Waals surface area (Å²) < 4.78 is 50.8. The highest BCUT2D eigenvalue weighted by Gasteiger charge is 2.30. The number of nitrogens with one attached hydrogen (secondary N) is 1. The second-order valence-electron chi connectivity index (χ2n) is 3.89. The summed E-state index contributed by atoms with van der Waals surface area (Å²) >= 11 is 0. The Morgan fingerprint density at radius 2 is 1.95 bits per heavy atom. The number of hydrogen-bond acceptors (Lipinski definition) is 2. The van der Waals surface area contributed by atoms with E-state index in [4.69, 9.17) is 0 Å². The Hall–Kier alpha value is -2.18. The summed E-state index contributed by atoms with van der Waals surface area (Å²) in [5.41, 5.74) is -1.99. The molecule has 3 nitrogen and oxygen atoms in total. The molecule has 1 heterocycles. The third-order valence-corrected chi connectivity index (χ3v) is 2.49. The Labute approximate surface area is 104 Å². The third kappa shape index (κ3) is 2.64. The zero-order valence-electron chi connectivity index (χ0n) is 9.68. The SMILES string of the molecule is Cc1nc(-c2cccc(C(F)(F)F)c2)[nH]c(=O)c1F. The summed E-state index contributed by atoms with van der Waals surface area (Å²) in [5.74, 6) is -1.15. The summed E-state index contributed by atoms with van der Waals surface area (Å²) in [7, 11) is 0. The van der Waals surface area contributed by atoms with Crippen LogP contribution in [0.5, 0.6) is 0 Å². The normalized spacial score (nSPS) is 11.6. The number of aromatic amines is 1. The molecule has 0 bridgehead atoms. The van der Waals surface area contributed by atoms with E-state index in [1.54, 1.807) is 0 Å². The molecule has 2 aromatic rings. The van der Waals surface area contributed by atoms with Crippen molar-refractivity contribution in [1.29, 1.82) is 0 Å². The number of H-pyrrole nitrogens is 1. The molecule has 0 saturated heterocycles. The topological polar surface area (TPSA) is 45.8 Å². The number of benzene rings is 1. The van der Waals surface area contributed by atoms with Crippen LogP contribution in [-0.2, 0) is 6.18 Å². The summed E-state index contributed by atoms with van der Waals surface area (Å²) in [5, 5.41) is 0. The lowest BCUT2D eigenvalue weighted by Crippen LogP contribution is -2.15. The molecule has 0 aliphatic heterocycles. The number of nitrogens with zero attached hydrogens (tertiary/aromatic N) is 1. The van der Waals surface area contributed by atoms with Gasteiger partial charge in [-0.25, -0.2) is 4.98 Å². The van der Waals surface area contributed by atoms with Gasteiger partial charge in [-0.2, -0.15) is 17.6 Å². The lowest BCUT2D eigenvalue weighted by Gasteiger charge is -2.08. The van der Waals surface area contributed by atoms with Gasteiger partial charge in [0, 0.05) is 5.56 Å². The molecule has 0 fully saturated rings. The highest BCUT2D eigenvalue weighted by molar-refractivity contribution is 5.56. The van der Waals surface area contributed by atoms with Gasteiger partial charge in [-0.3, -0.25) is 4.79 Å². The van der Waals surface area contributed by atoms with Gasteiger partial charge < -0.3 is 4.98 Å². The highest BCUT2D eigenvalue weighted by atomic mass is 19.4. The standard InChI is InChI=1S/C12H8F4N2O/c1-6-9(13)11(19)18-10(17-6)7-3-2-4-8(5-7)12(14,15)16/h2-5H,1H3,(H,17,18,19). The minimum absolute atomic E-state index is 0.0648. The van der Waals surface area contributed by atoms with E-state index >= 15 is 0 Å². The molecule has 0 radical (unpaired) electrons. The first-order valence-electron chi connectivity index (χ1n) is 5.23. The minimum Gasteiger partial charge on any atom is -0.304 e. The first-order chi connectivity index (χ1) is 8.79. The monoisotopic (exact) mass is 272 g/mol. The van der Waals surface area contributed by atoms with Crippen molar-refractivity contribution in [2.75, 3.05) is 0 Å². The van der Waals surface area contributed by atoms with Crippen molar-refractivity contribution in [2.45, 2.75) is 13.1 Å². The summed E-state index contributed by atoms with van der Waals surface area (Å²) in [4.78, 5) is 17.1. The van der Waals surface area contributed by atoms with Crippen molar-refractivity contribution in [3.8, 4) is 11.4 Å². The molecular weight excluding hydrogens is 264 g/mol. The Morgan fingerprint density at radius 1 is 1.26 bits per heavy atom. The molecule has 1 aromatic carbocycles. The molecule has 0 aliphatic rings. The minimum atomic E-state index is -4.49. The molecule has 1 N–H and O–H groups in total. The van der Waals surface area contributed by atoms with Crippen LogP contribution in [0, 0.1) is 12.7 Å². The second kappa shape index (κ2) is 4.49. The molecule has 0 amide bonds. The van der Waals surface area contributed by atoms with Gasteiger partial charge in [0.25, 0.3) is 5.56 Å². The third-order valence-electron chi connectivity index (χ3n) is 2.49. The second-order valence-corrected chi connectivity index (χ2v) is 3.89. The molecule has 7 heteroatoms. The van der Waals surface area contributed by atoms with E-state index in [2.05, 4.69) is 9.97 Å². The summed E-state index contributed by atoms with van der Waals surface area (Å²) in [6, 6.07) is 4.29. The average molecular weight is 272 g/mol. The molecule has 1 aromatic heterocycles. The fourth-order valence-electron chi connectivity index (χ4n) is 1.55. The molecule has 0 aliphatic carbocycles. The van der Waals surface area contributed by atoms with E-state index in [9.17, 15) is 22.4 Å². The number of aromatic nitrogens is 2. The molecule has 100 valence electrons. The largest absolute Gasteiger partial charge is 0.416 e. The van der Waals surface area contributed by atoms with Crippen molar-refractivity contribution >= 4 is 0 Å². The van der Waals surface area contributed by atoms with Crippen molar-refractivity contribution in [2.24, 2.45) is 0 Å². The van der Waals surface area contributed by atoms with Crippen molar-refractivity contribution < 1.29 is 17.6 Å². The van der Waals surface area contributed by atoms with Gasteiger partial charge in [-0.15, -0.1) is 0 Å². The molecule has 0 atom stereocenters. The van der Waals surface area contributed by atoms with Crippen LogP contribution in [0.15, 0.2) is 29.1 Å². The first-order valence-corrected chi connectivity index (χ1v) is 5.23. The lowest BCUT2D eigenvalue weighted by atomic mass is 10.1. The van der Waals surface area contributed by atoms with Crippen LogP contribution in [-0.4, -0.2) is 9.97 Å². The molecular formula is C12H8F4N2O. The van der Waals surface area contributed by atoms with E-state index in [-0.39, 0.29) is 17.1 Å². The van der Waals surface area contributed by atoms with Crippen molar-refractivity contribution in [3.05, 3.63) is 51.7 Å². The molecule has 0 saturated carbocycles. The maximum atomic E-state index is 13.1. The van der Waals surface area contributed by atoms with Crippen molar-refractivity contribution in [3.63, 3.8) is 0 Å².